The molecule has 1 atom stereocenters. The number of nitrogens with one attached hydrogen (secondary N) is 1. The summed E-state index contributed by atoms with van der Waals surface area (Å²) in [6.07, 6.45) is 5.09. The van der Waals surface area contributed by atoms with Crippen molar-refractivity contribution in [2.45, 2.75) is 18.9 Å². The van der Waals surface area contributed by atoms with Crippen LogP contribution in [0.5, 0.6) is 5.75 Å². The molecule has 1 amide bonds. The standard InChI is InChI=1S/C16H18N4O3/c17-15-14(18-6-7-19-15)16(21)20-11-3-1-4-12(9-11)23-10-13-5-2-8-22-13/h1,3-4,6-7,9,13H,2,5,8,10H2,(H2,17,19)(H,20,21)/t13-/m0/s1. The highest BCUT2D eigenvalue weighted by atomic mass is 16.5. The zero-order valence-corrected chi connectivity index (χ0v) is 12.6. The maximum Gasteiger partial charge on any atom is 0.278 e. The number of nitrogens with two attached hydrogens (primary N) is 1. The predicted octanol–water partition coefficient (Wildman–Crippen LogP) is 1.87. The van der Waals surface area contributed by atoms with E-state index in [1.165, 1.54) is 12.4 Å². The highest BCUT2D eigenvalue weighted by molar-refractivity contribution is 6.05. The highest BCUT2D eigenvalue weighted by Gasteiger charge is 2.16. The van der Waals surface area contributed by atoms with Gasteiger partial charge < -0.3 is 20.5 Å². The van der Waals surface area contributed by atoms with Gasteiger partial charge in [0.2, 0.25) is 0 Å². The normalized spacial score (nSPS) is 17.0. The molecule has 1 fully saturated rings. The lowest BCUT2D eigenvalue weighted by Crippen LogP contribution is -2.17. The Bertz CT molecular complexity index is 687. The minimum Gasteiger partial charge on any atom is -0.491 e. The van der Waals surface area contributed by atoms with E-state index in [4.69, 9.17) is 15.2 Å². The molecule has 2 aromatic rings. The molecule has 7 nitrogen and oxygen atoms in total. The smallest absolute Gasteiger partial charge is 0.278 e. The average Bonchev–Trinajstić information content (AvgIpc) is 3.07. The molecule has 0 saturated carbocycles. The largest absolute Gasteiger partial charge is 0.491 e. The fourth-order valence-electron chi connectivity index (χ4n) is 2.34. The molecule has 0 spiro atoms. The summed E-state index contributed by atoms with van der Waals surface area (Å²) < 4.78 is 11.2. The number of nitrogen functional groups attached to an aromatic ring is 1. The Morgan fingerprint density at radius 1 is 1.39 bits per heavy atom. The van der Waals surface area contributed by atoms with Gasteiger partial charge in [-0.05, 0) is 25.0 Å². The second-order valence-corrected chi connectivity index (χ2v) is 5.22. The first-order valence-corrected chi connectivity index (χ1v) is 7.44. The summed E-state index contributed by atoms with van der Waals surface area (Å²) in [4.78, 5) is 19.9. The van der Waals surface area contributed by atoms with Gasteiger partial charge in [0, 0.05) is 30.8 Å². The maximum atomic E-state index is 12.2. The summed E-state index contributed by atoms with van der Waals surface area (Å²) in [6.45, 7) is 1.30. The topological polar surface area (TPSA) is 99.4 Å². The van der Waals surface area contributed by atoms with Gasteiger partial charge in [-0.2, -0.15) is 0 Å². The Labute approximate surface area is 133 Å². The van der Waals surface area contributed by atoms with E-state index in [0.717, 1.165) is 19.4 Å². The van der Waals surface area contributed by atoms with Crippen LogP contribution in [0.2, 0.25) is 0 Å². The maximum absolute atomic E-state index is 12.2. The number of anilines is 2. The lowest BCUT2D eigenvalue weighted by molar-refractivity contribution is 0.0680. The van der Waals surface area contributed by atoms with E-state index in [1.54, 1.807) is 18.2 Å². The van der Waals surface area contributed by atoms with Crippen molar-refractivity contribution in [3.63, 3.8) is 0 Å². The van der Waals surface area contributed by atoms with Crippen molar-refractivity contribution in [3.05, 3.63) is 42.4 Å². The minimum atomic E-state index is -0.410. The van der Waals surface area contributed by atoms with Crippen molar-refractivity contribution in [2.24, 2.45) is 0 Å². The molecule has 120 valence electrons. The van der Waals surface area contributed by atoms with Crippen molar-refractivity contribution in [3.8, 4) is 5.75 Å². The molecule has 1 aromatic carbocycles. The summed E-state index contributed by atoms with van der Waals surface area (Å²) in [5, 5.41) is 2.73. The molecule has 3 N–H and O–H groups in total. The summed E-state index contributed by atoms with van der Waals surface area (Å²) >= 11 is 0. The quantitative estimate of drug-likeness (QED) is 0.874. The molecule has 0 aliphatic carbocycles. The third kappa shape index (κ3) is 3.95. The Kier molecular flexibility index (Phi) is 4.68. The molecule has 0 radical (unpaired) electrons. The number of carbonyl (C=O) groups excluding carboxylic acids is 1. The molecule has 2 heterocycles. The van der Waals surface area contributed by atoms with Crippen molar-refractivity contribution >= 4 is 17.4 Å². The van der Waals surface area contributed by atoms with E-state index in [9.17, 15) is 4.79 Å². The van der Waals surface area contributed by atoms with Gasteiger partial charge in [0.25, 0.3) is 5.91 Å². The van der Waals surface area contributed by atoms with Gasteiger partial charge in [0.05, 0.1) is 6.10 Å². The van der Waals surface area contributed by atoms with Gasteiger partial charge in [-0.15, -0.1) is 0 Å². The number of carbonyl (C=O) groups is 1. The van der Waals surface area contributed by atoms with Gasteiger partial charge in [0.1, 0.15) is 12.4 Å². The summed E-state index contributed by atoms with van der Waals surface area (Å²) in [5.41, 5.74) is 6.35. The molecule has 1 aliphatic heterocycles. The summed E-state index contributed by atoms with van der Waals surface area (Å²) in [7, 11) is 0. The SMILES string of the molecule is Nc1nccnc1C(=O)Nc1cccc(OC[C@@H]2CCCO2)c1. The molecule has 1 aliphatic rings. The van der Waals surface area contributed by atoms with Crippen LogP contribution in [0.15, 0.2) is 36.7 Å². The van der Waals surface area contributed by atoms with Crippen LogP contribution in [0.4, 0.5) is 11.5 Å². The van der Waals surface area contributed by atoms with Gasteiger partial charge in [0.15, 0.2) is 11.5 Å². The second-order valence-electron chi connectivity index (χ2n) is 5.22. The molecular formula is C16H18N4O3. The Balaban J connectivity index is 1.63. The van der Waals surface area contributed by atoms with E-state index in [1.807, 2.05) is 6.07 Å². The van der Waals surface area contributed by atoms with Crippen LogP contribution in [0.1, 0.15) is 23.3 Å². The molecular weight excluding hydrogens is 296 g/mol. The number of benzene rings is 1. The van der Waals surface area contributed by atoms with E-state index >= 15 is 0 Å². The number of hydrogen-bond acceptors (Lipinski definition) is 6. The lowest BCUT2D eigenvalue weighted by Gasteiger charge is -2.12. The van der Waals surface area contributed by atoms with Crippen molar-refractivity contribution in [2.75, 3.05) is 24.3 Å². The summed E-state index contributed by atoms with van der Waals surface area (Å²) in [6, 6.07) is 7.16. The number of rotatable bonds is 5. The molecule has 0 bridgehead atoms. The molecule has 3 rings (SSSR count). The van der Waals surface area contributed by atoms with Crippen molar-refractivity contribution in [1.29, 1.82) is 0 Å². The molecule has 0 unspecified atom stereocenters. The van der Waals surface area contributed by atoms with E-state index in [0.29, 0.717) is 18.0 Å². The first-order valence-electron chi connectivity index (χ1n) is 7.44. The zero-order chi connectivity index (χ0) is 16.1. The third-order valence-corrected chi connectivity index (χ3v) is 3.49. The Morgan fingerprint density at radius 3 is 3.04 bits per heavy atom. The third-order valence-electron chi connectivity index (χ3n) is 3.49. The average molecular weight is 314 g/mol. The van der Waals surface area contributed by atoms with Crippen LogP contribution in [0, 0.1) is 0 Å². The van der Waals surface area contributed by atoms with Crippen LogP contribution >= 0.6 is 0 Å². The van der Waals surface area contributed by atoms with Crippen LogP contribution in [0.25, 0.3) is 0 Å². The fourth-order valence-corrected chi connectivity index (χ4v) is 2.34. The van der Waals surface area contributed by atoms with Crippen molar-refractivity contribution in [1.82, 2.24) is 9.97 Å². The van der Waals surface area contributed by atoms with E-state index in [2.05, 4.69) is 15.3 Å². The van der Waals surface area contributed by atoms with Crippen LogP contribution in [0.3, 0.4) is 0 Å². The lowest BCUT2D eigenvalue weighted by atomic mass is 10.2. The first-order chi connectivity index (χ1) is 11.2. The second kappa shape index (κ2) is 7.06. The Hall–Kier alpha value is -2.67. The van der Waals surface area contributed by atoms with Gasteiger partial charge in [-0.1, -0.05) is 6.07 Å². The number of aromatic nitrogens is 2. The number of ether oxygens (including phenoxy) is 2. The van der Waals surface area contributed by atoms with Crippen LogP contribution < -0.4 is 15.8 Å². The minimum absolute atomic E-state index is 0.0933. The predicted molar refractivity (Wildman–Crippen MR) is 85.3 cm³/mol. The van der Waals surface area contributed by atoms with Gasteiger partial charge >= 0.3 is 0 Å². The molecule has 7 heteroatoms. The van der Waals surface area contributed by atoms with Crippen LogP contribution in [-0.2, 0) is 4.74 Å². The first kappa shape index (κ1) is 15.2. The number of hydrogen-bond donors (Lipinski definition) is 2. The van der Waals surface area contributed by atoms with E-state index < -0.39 is 5.91 Å². The number of amides is 1. The van der Waals surface area contributed by atoms with Crippen LogP contribution in [-0.4, -0.2) is 35.2 Å². The van der Waals surface area contributed by atoms with Crippen molar-refractivity contribution < 1.29 is 14.3 Å². The molecule has 1 saturated heterocycles. The van der Waals surface area contributed by atoms with E-state index in [-0.39, 0.29) is 17.6 Å². The zero-order valence-electron chi connectivity index (χ0n) is 12.6. The highest BCUT2D eigenvalue weighted by Crippen LogP contribution is 2.20. The monoisotopic (exact) mass is 314 g/mol. The molecule has 1 aromatic heterocycles. The molecule has 23 heavy (non-hydrogen) atoms. The van der Waals surface area contributed by atoms with Gasteiger partial charge in [-0.25, -0.2) is 9.97 Å². The van der Waals surface area contributed by atoms with Gasteiger partial charge in [-0.3, -0.25) is 4.79 Å². The fraction of sp³-hybridized carbons (Fsp3) is 0.312. The number of nitrogens with zero attached hydrogens (tertiary/aromatic N) is 2. The summed E-state index contributed by atoms with van der Waals surface area (Å²) in [5.74, 6) is 0.355. The Morgan fingerprint density at radius 2 is 2.26 bits per heavy atom.